The number of nitrogens with one attached hydrogen (secondary N) is 1. The molecule has 1 unspecified atom stereocenters. The molecule has 0 radical (unpaired) electrons. The van der Waals surface area contributed by atoms with E-state index in [9.17, 15) is 13.9 Å². The van der Waals surface area contributed by atoms with Crippen LogP contribution in [0.2, 0.25) is 5.02 Å². The van der Waals surface area contributed by atoms with Crippen LogP contribution in [0.15, 0.2) is 48.5 Å². The van der Waals surface area contributed by atoms with Gasteiger partial charge in [-0.2, -0.15) is 0 Å². The van der Waals surface area contributed by atoms with Crippen LogP contribution in [0.4, 0.5) is 14.5 Å². The van der Waals surface area contributed by atoms with Crippen molar-refractivity contribution in [2.75, 3.05) is 33.8 Å². The second-order valence-electron chi connectivity index (χ2n) is 7.99. The first kappa shape index (κ1) is 27.4. The number of aliphatic hydroxyl groups is 1. The van der Waals surface area contributed by atoms with Gasteiger partial charge in [0.2, 0.25) is 0 Å². The fraction of sp³-hybridized carbons (Fsp3) is 0.333. The lowest BCUT2D eigenvalue weighted by Gasteiger charge is -2.24. The Hall–Kier alpha value is -3.23. The van der Waals surface area contributed by atoms with Crippen molar-refractivity contribution in [2.45, 2.75) is 31.9 Å². The van der Waals surface area contributed by atoms with Crippen LogP contribution in [0.1, 0.15) is 41.7 Å². The Kier molecular flexibility index (Phi) is 8.87. The fourth-order valence-corrected chi connectivity index (χ4v) is 4.23. The van der Waals surface area contributed by atoms with Gasteiger partial charge in [-0.1, -0.05) is 30.7 Å². The van der Waals surface area contributed by atoms with Gasteiger partial charge in [-0.25, -0.2) is 8.78 Å². The highest BCUT2D eigenvalue weighted by Crippen LogP contribution is 2.44. The van der Waals surface area contributed by atoms with Crippen LogP contribution < -0.4 is 24.3 Å². The predicted octanol–water partition coefficient (Wildman–Crippen LogP) is 6.57. The molecule has 0 aliphatic rings. The van der Waals surface area contributed by atoms with E-state index in [4.69, 9.17) is 30.5 Å². The van der Waals surface area contributed by atoms with E-state index in [1.54, 1.807) is 37.4 Å². The van der Waals surface area contributed by atoms with Gasteiger partial charge >= 0.3 is 0 Å². The quantitative estimate of drug-likeness (QED) is 0.297. The Labute approximate surface area is 214 Å². The Morgan fingerprint density at radius 2 is 1.64 bits per heavy atom. The van der Waals surface area contributed by atoms with Gasteiger partial charge in [0.25, 0.3) is 5.92 Å². The number of aliphatic hydroxyl groups excluding tert-OH is 1. The molecule has 6 nitrogen and oxygen atoms in total. The molecule has 0 aliphatic carbocycles. The van der Waals surface area contributed by atoms with Gasteiger partial charge in [0.05, 0.1) is 33.5 Å². The van der Waals surface area contributed by atoms with Crippen molar-refractivity contribution in [1.29, 1.82) is 0 Å². The lowest BCUT2D eigenvalue weighted by atomic mass is 9.95. The third kappa shape index (κ3) is 5.60. The number of anilines is 1. The van der Waals surface area contributed by atoms with Crippen molar-refractivity contribution < 1.29 is 32.8 Å². The normalized spacial score (nSPS) is 12.1. The highest BCUT2D eigenvalue weighted by Gasteiger charge is 2.33. The van der Waals surface area contributed by atoms with Gasteiger partial charge < -0.3 is 29.4 Å². The summed E-state index contributed by atoms with van der Waals surface area (Å²) in [7, 11) is 6.03. The minimum Gasteiger partial charge on any atom is -0.497 e. The molecule has 0 fully saturated rings. The van der Waals surface area contributed by atoms with Crippen LogP contribution >= 0.6 is 11.6 Å². The summed E-state index contributed by atoms with van der Waals surface area (Å²) in [6.07, 6.45) is -1.68. The van der Waals surface area contributed by atoms with E-state index in [0.29, 0.717) is 34.1 Å². The van der Waals surface area contributed by atoms with Gasteiger partial charge in [0.1, 0.15) is 17.6 Å². The number of ether oxygens (including phenoxy) is 4. The lowest BCUT2D eigenvalue weighted by Crippen LogP contribution is -2.15. The Bertz CT molecular complexity index is 1210. The molecule has 3 aromatic carbocycles. The first-order valence-electron chi connectivity index (χ1n) is 11.3. The van der Waals surface area contributed by atoms with E-state index < -0.39 is 18.4 Å². The van der Waals surface area contributed by atoms with E-state index in [1.807, 2.05) is 6.07 Å². The van der Waals surface area contributed by atoms with Gasteiger partial charge in [0.15, 0.2) is 11.5 Å². The second-order valence-corrected chi connectivity index (χ2v) is 8.40. The molecular weight excluding hydrogens is 492 g/mol. The van der Waals surface area contributed by atoms with Gasteiger partial charge in [-0.05, 0) is 30.3 Å². The van der Waals surface area contributed by atoms with E-state index in [0.717, 1.165) is 5.56 Å². The van der Waals surface area contributed by atoms with Crippen LogP contribution in [0.25, 0.3) is 0 Å². The number of hydrogen-bond acceptors (Lipinski definition) is 6. The topological polar surface area (TPSA) is 69.2 Å². The summed E-state index contributed by atoms with van der Waals surface area (Å²) in [6, 6.07) is 13.0. The molecule has 36 heavy (non-hydrogen) atoms. The van der Waals surface area contributed by atoms with Gasteiger partial charge in [0, 0.05) is 47.0 Å². The maximum Gasteiger partial charge on any atom is 0.274 e. The van der Waals surface area contributed by atoms with Crippen LogP contribution in [0, 0.1) is 0 Å². The second kappa shape index (κ2) is 11.7. The first-order valence-corrected chi connectivity index (χ1v) is 11.6. The Balaban J connectivity index is 2.10. The average molecular weight is 522 g/mol. The smallest absolute Gasteiger partial charge is 0.274 e. The van der Waals surface area contributed by atoms with Crippen LogP contribution in [0.3, 0.4) is 0 Å². The standard InChI is InChI=1S/C27H30ClF2NO5/c1-6-27(29,30)20-14-22(31-15-16-10-11-17(33-2)12-24(16)35-4)19(13-21(20)28)25(32)18-8-7-9-23(34-3)26(18)36-5/h7-14,25,31-32H,6,15H2,1-5H3. The maximum absolute atomic E-state index is 14.7. The predicted molar refractivity (Wildman–Crippen MR) is 136 cm³/mol. The molecule has 1 atom stereocenters. The molecule has 0 saturated heterocycles. The SMILES string of the molecule is CCC(F)(F)c1cc(NCc2ccc(OC)cc2OC)c(C(O)c2cccc(OC)c2OC)cc1Cl. The number of rotatable bonds is 11. The van der Waals surface area contributed by atoms with E-state index in [2.05, 4.69) is 5.32 Å². The van der Waals surface area contributed by atoms with Gasteiger partial charge in [-0.3, -0.25) is 0 Å². The molecule has 0 aliphatic heterocycles. The molecule has 3 aromatic rings. The van der Waals surface area contributed by atoms with Crippen LogP contribution in [0.5, 0.6) is 23.0 Å². The summed E-state index contributed by atoms with van der Waals surface area (Å²) in [5, 5.41) is 14.4. The van der Waals surface area contributed by atoms with Crippen molar-refractivity contribution in [2.24, 2.45) is 0 Å². The maximum atomic E-state index is 14.7. The molecule has 3 rings (SSSR count). The third-order valence-corrected chi connectivity index (χ3v) is 6.28. The highest BCUT2D eigenvalue weighted by molar-refractivity contribution is 6.31. The van der Waals surface area contributed by atoms with Crippen molar-refractivity contribution >= 4 is 17.3 Å². The zero-order valence-electron chi connectivity index (χ0n) is 20.8. The molecule has 2 N–H and O–H groups in total. The largest absolute Gasteiger partial charge is 0.497 e. The molecular formula is C27H30ClF2NO5. The molecule has 194 valence electrons. The number of para-hydroxylation sites is 1. The van der Waals surface area contributed by atoms with Crippen LogP contribution in [-0.2, 0) is 12.5 Å². The average Bonchev–Trinajstić information content (AvgIpc) is 2.90. The molecule has 0 aromatic heterocycles. The fourth-order valence-electron chi connectivity index (χ4n) is 3.92. The van der Waals surface area contributed by atoms with Crippen molar-refractivity contribution in [3.05, 3.63) is 75.8 Å². The van der Waals surface area contributed by atoms with E-state index in [-0.39, 0.29) is 22.8 Å². The lowest BCUT2D eigenvalue weighted by molar-refractivity contribution is -0.00817. The zero-order chi connectivity index (χ0) is 26.5. The Morgan fingerprint density at radius 3 is 2.25 bits per heavy atom. The molecule has 0 amide bonds. The van der Waals surface area contributed by atoms with Gasteiger partial charge in [-0.15, -0.1) is 0 Å². The first-order chi connectivity index (χ1) is 17.2. The zero-order valence-corrected chi connectivity index (χ0v) is 21.6. The molecule has 0 heterocycles. The third-order valence-electron chi connectivity index (χ3n) is 5.96. The summed E-state index contributed by atoms with van der Waals surface area (Å²) >= 11 is 6.32. The number of halogens is 3. The number of benzene rings is 3. The summed E-state index contributed by atoms with van der Waals surface area (Å²) < 4.78 is 50.9. The molecule has 9 heteroatoms. The number of hydrogen-bond donors (Lipinski definition) is 2. The number of methoxy groups -OCH3 is 4. The van der Waals surface area contributed by atoms with E-state index >= 15 is 0 Å². The minimum absolute atomic E-state index is 0.148. The molecule has 0 bridgehead atoms. The summed E-state index contributed by atoms with van der Waals surface area (Å²) in [6.45, 7) is 1.61. The van der Waals surface area contributed by atoms with Crippen molar-refractivity contribution in [3.63, 3.8) is 0 Å². The summed E-state index contributed by atoms with van der Waals surface area (Å²) in [5.74, 6) is -1.22. The van der Waals surface area contributed by atoms with Crippen LogP contribution in [-0.4, -0.2) is 33.5 Å². The molecule has 0 spiro atoms. The highest BCUT2D eigenvalue weighted by atomic mass is 35.5. The van der Waals surface area contributed by atoms with E-state index in [1.165, 1.54) is 40.4 Å². The van der Waals surface area contributed by atoms with Crippen molar-refractivity contribution in [1.82, 2.24) is 0 Å². The summed E-state index contributed by atoms with van der Waals surface area (Å²) in [4.78, 5) is 0. The molecule has 0 saturated carbocycles. The number of alkyl halides is 2. The monoisotopic (exact) mass is 521 g/mol. The minimum atomic E-state index is -3.15. The summed E-state index contributed by atoms with van der Waals surface area (Å²) in [5.41, 5.74) is 1.42. The van der Waals surface area contributed by atoms with Crippen molar-refractivity contribution in [3.8, 4) is 23.0 Å². The Morgan fingerprint density at radius 1 is 0.917 bits per heavy atom.